The van der Waals surface area contributed by atoms with Crippen molar-refractivity contribution in [2.24, 2.45) is 0 Å². The van der Waals surface area contributed by atoms with Crippen molar-refractivity contribution >= 4 is 27.3 Å². The van der Waals surface area contributed by atoms with Gasteiger partial charge in [-0.3, -0.25) is 9.69 Å². The van der Waals surface area contributed by atoms with Crippen molar-refractivity contribution in [1.82, 2.24) is 10.2 Å². The lowest BCUT2D eigenvalue weighted by atomic mass is 9.93. The number of likely N-dealkylation sites (tertiary alicyclic amines) is 1. The van der Waals surface area contributed by atoms with Crippen molar-refractivity contribution in [1.29, 1.82) is 0 Å². The lowest BCUT2D eigenvalue weighted by Crippen LogP contribution is -2.40. The molecule has 0 radical (unpaired) electrons. The Hall–Kier alpha value is -2.57. The topological polar surface area (TPSA) is 50.8 Å². The van der Waals surface area contributed by atoms with Gasteiger partial charge < -0.3 is 14.8 Å². The van der Waals surface area contributed by atoms with Crippen LogP contribution in [0.3, 0.4) is 0 Å². The van der Waals surface area contributed by atoms with Crippen LogP contribution in [0.25, 0.3) is 10.1 Å². The fourth-order valence-corrected chi connectivity index (χ4v) is 5.73. The van der Waals surface area contributed by atoms with Crippen molar-refractivity contribution in [3.05, 3.63) is 58.5 Å². The van der Waals surface area contributed by atoms with Gasteiger partial charge in [0, 0.05) is 24.3 Å². The first-order chi connectivity index (χ1) is 15.1. The third kappa shape index (κ3) is 4.55. The smallest absolute Gasteiger partial charge is 0.261 e. The summed E-state index contributed by atoms with van der Waals surface area (Å²) in [5, 5.41) is 4.04. The Morgan fingerprint density at radius 2 is 1.94 bits per heavy atom. The standard InChI is InChI=1S/C25H30N2O3S/c1-26-25(28)24-20(19-9-4-5-10-23(19)31-24)15-18-8-6-7-13-27(18)16-17-11-12-21(29-2)22(14-17)30-3/h4-5,9-12,14,18H,6-8,13,15-16H2,1-3H3,(H,26,28). The Labute approximate surface area is 188 Å². The minimum atomic E-state index is 0.0125. The molecule has 1 unspecified atom stereocenters. The van der Waals surface area contributed by atoms with Gasteiger partial charge in [-0.25, -0.2) is 0 Å². The van der Waals surface area contributed by atoms with Crippen LogP contribution >= 0.6 is 11.3 Å². The summed E-state index contributed by atoms with van der Waals surface area (Å²) in [5.74, 6) is 1.53. The van der Waals surface area contributed by atoms with Crippen LogP contribution in [0, 0.1) is 0 Å². The number of hydrogen-bond acceptors (Lipinski definition) is 5. The number of piperidine rings is 1. The van der Waals surface area contributed by atoms with E-state index >= 15 is 0 Å². The van der Waals surface area contributed by atoms with E-state index in [2.05, 4.69) is 40.5 Å². The number of methoxy groups -OCH3 is 2. The van der Waals surface area contributed by atoms with Crippen molar-refractivity contribution in [2.75, 3.05) is 27.8 Å². The second-order valence-corrected chi connectivity index (χ2v) is 9.05. The van der Waals surface area contributed by atoms with Gasteiger partial charge in [0.1, 0.15) is 0 Å². The number of ether oxygens (including phenoxy) is 2. The summed E-state index contributed by atoms with van der Waals surface area (Å²) in [5.41, 5.74) is 2.40. The van der Waals surface area contributed by atoms with Gasteiger partial charge in [-0.15, -0.1) is 11.3 Å². The molecule has 1 aliphatic heterocycles. The predicted molar refractivity (Wildman–Crippen MR) is 127 cm³/mol. The summed E-state index contributed by atoms with van der Waals surface area (Å²) in [6.45, 7) is 1.93. The largest absolute Gasteiger partial charge is 0.493 e. The van der Waals surface area contributed by atoms with Crippen LogP contribution in [-0.4, -0.2) is 44.7 Å². The average molecular weight is 439 g/mol. The van der Waals surface area contributed by atoms with Gasteiger partial charge in [-0.05, 0) is 60.5 Å². The highest BCUT2D eigenvalue weighted by molar-refractivity contribution is 7.21. The SMILES string of the molecule is CNC(=O)c1sc2ccccc2c1CC1CCCCN1Cc1ccc(OC)c(OC)c1. The van der Waals surface area contributed by atoms with E-state index in [4.69, 9.17) is 9.47 Å². The highest BCUT2D eigenvalue weighted by atomic mass is 32.1. The van der Waals surface area contributed by atoms with Crippen molar-refractivity contribution in [2.45, 2.75) is 38.3 Å². The summed E-state index contributed by atoms with van der Waals surface area (Å²) >= 11 is 1.60. The molecule has 31 heavy (non-hydrogen) atoms. The highest BCUT2D eigenvalue weighted by Gasteiger charge is 2.27. The van der Waals surface area contributed by atoms with Gasteiger partial charge in [0.15, 0.2) is 11.5 Å². The molecule has 1 amide bonds. The molecule has 5 nitrogen and oxygen atoms in total. The number of benzene rings is 2. The molecule has 2 aromatic carbocycles. The molecule has 1 fully saturated rings. The second-order valence-electron chi connectivity index (χ2n) is 8.00. The van der Waals surface area contributed by atoms with E-state index in [1.54, 1.807) is 32.6 Å². The molecule has 0 aliphatic carbocycles. The van der Waals surface area contributed by atoms with Gasteiger partial charge in [0.05, 0.1) is 19.1 Å². The zero-order valence-corrected chi connectivity index (χ0v) is 19.3. The minimum absolute atomic E-state index is 0.0125. The number of rotatable bonds is 7. The van der Waals surface area contributed by atoms with E-state index in [1.807, 2.05) is 12.1 Å². The molecule has 0 spiro atoms. The Morgan fingerprint density at radius 1 is 1.13 bits per heavy atom. The van der Waals surface area contributed by atoms with Gasteiger partial charge >= 0.3 is 0 Å². The first kappa shape index (κ1) is 21.7. The average Bonchev–Trinajstić information content (AvgIpc) is 3.18. The van der Waals surface area contributed by atoms with E-state index < -0.39 is 0 Å². The summed E-state index contributed by atoms with van der Waals surface area (Å²) in [6, 6.07) is 14.9. The van der Waals surface area contributed by atoms with Crippen molar-refractivity contribution in [3.63, 3.8) is 0 Å². The molecule has 1 N–H and O–H groups in total. The number of carbonyl (C=O) groups excluding carboxylic acids is 1. The Bertz CT molecular complexity index is 1060. The molecule has 1 atom stereocenters. The maximum atomic E-state index is 12.6. The number of nitrogens with one attached hydrogen (secondary N) is 1. The lowest BCUT2D eigenvalue weighted by molar-refractivity contribution is 0.0964. The summed E-state index contributed by atoms with van der Waals surface area (Å²) in [4.78, 5) is 16.0. The molecule has 0 bridgehead atoms. The minimum Gasteiger partial charge on any atom is -0.493 e. The number of fused-ring (bicyclic) bond motifs is 1. The Morgan fingerprint density at radius 3 is 2.71 bits per heavy atom. The van der Waals surface area contributed by atoms with Gasteiger partial charge in [0.25, 0.3) is 5.91 Å². The van der Waals surface area contributed by atoms with Crippen LogP contribution < -0.4 is 14.8 Å². The van der Waals surface area contributed by atoms with Crippen LogP contribution in [0.15, 0.2) is 42.5 Å². The quantitative estimate of drug-likeness (QED) is 0.571. The third-order valence-electron chi connectivity index (χ3n) is 6.15. The summed E-state index contributed by atoms with van der Waals surface area (Å²) in [7, 11) is 5.04. The molecule has 1 saturated heterocycles. The number of carbonyl (C=O) groups is 1. The van der Waals surface area contributed by atoms with Crippen LogP contribution in [0.1, 0.15) is 40.1 Å². The lowest BCUT2D eigenvalue weighted by Gasteiger charge is -2.36. The highest BCUT2D eigenvalue weighted by Crippen LogP contribution is 2.35. The molecule has 3 aromatic rings. The zero-order valence-electron chi connectivity index (χ0n) is 18.4. The summed E-state index contributed by atoms with van der Waals surface area (Å²) < 4.78 is 12.1. The molecule has 4 rings (SSSR count). The van der Waals surface area contributed by atoms with Crippen LogP contribution in [0.4, 0.5) is 0 Å². The van der Waals surface area contributed by atoms with Crippen LogP contribution in [0.5, 0.6) is 11.5 Å². The Balaban J connectivity index is 1.61. The second kappa shape index (κ2) is 9.71. The number of amides is 1. The monoisotopic (exact) mass is 438 g/mol. The van der Waals surface area contributed by atoms with E-state index in [0.717, 1.165) is 42.3 Å². The molecule has 164 valence electrons. The zero-order chi connectivity index (χ0) is 21.8. The fourth-order valence-electron chi connectivity index (χ4n) is 4.55. The molecule has 0 saturated carbocycles. The van der Waals surface area contributed by atoms with Gasteiger partial charge in [-0.2, -0.15) is 0 Å². The molecule has 6 heteroatoms. The summed E-state index contributed by atoms with van der Waals surface area (Å²) in [6.07, 6.45) is 4.46. The van der Waals surface area contributed by atoms with E-state index in [0.29, 0.717) is 6.04 Å². The first-order valence-corrected chi connectivity index (χ1v) is 11.6. The molecular formula is C25H30N2O3S. The molecule has 1 aliphatic rings. The number of thiophene rings is 1. The van der Waals surface area contributed by atoms with Gasteiger partial charge in [0.2, 0.25) is 0 Å². The predicted octanol–water partition coefficient (Wildman–Crippen LogP) is 4.88. The van der Waals surface area contributed by atoms with Crippen LogP contribution in [0.2, 0.25) is 0 Å². The van der Waals surface area contributed by atoms with E-state index in [-0.39, 0.29) is 5.91 Å². The fraction of sp³-hybridized carbons (Fsp3) is 0.400. The maximum Gasteiger partial charge on any atom is 0.261 e. The van der Waals surface area contributed by atoms with E-state index in [9.17, 15) is 4.79 Å². The number of hydrogen-bond donors (Lipinski definition) is 1. The van der Waals surface area contributed by atoms with Crippen LogP contribution in [-0.2, 0) is 13.0 Å². The molecule has 1 aromatic heterocycles. The van der Waals surface area contributed by atoms with Crippen molar-refractivity contribution < 1.29 is 14.3 Å². The number of nitrogens with zero attached hydrogens (tertiary/aromatic N) is 1. The molecule has 2 heterocycles. The van der Waals surface area contributed by atoms with E-state index in [1.165, 1.54) is 34.1 Å². The third-order valence-corrected chi connectivity index (χ3v) is 7.37. The maximum absolute atomic E-state index is 12.6. The first-order valence-electron chi connectivity index (χ1n) is 10.8. The normalized spacial score (nSPS) is 16.9. The van der Waals surface area contributed by atoms with Gasteiger partial charge in [-0.1, -0.05) is 30.7 Å². The van der Waals surface area contributed by atoms with Crippen molar-refractivity contribution in [3.8, 4) is 11.5 Å². The molecular weight excluding hydrogens is 408 g/mol. The Kier molecular flexibility index (Phi) is 6.78.